The lowest BCUT2D eigenvalue weighted by molar-refractivity contribution is 0.312. The molecule has 0 amide bonds. The van der Waals surface area contributed by atoms with E-state index in [4.69, 9.17) is 38.6 Å². The maximum absolute atomic E-state index is 10.1. The Labute approximate surface area is 222 Å². The average molecular weight is 521 g/mol. The van der Waals surface area contributed by atoms with Crippen molar-refractivity contribution in [1.29, 1.82) is 10.7 Å². The molecule has 0 bridgehead atoms. The Morgan fingerprint density at radius 2 is 1.42 bits per heavy atom. The minimum atomic E-state index is -0.823. The summed E-state index contributed by atoms with van der Waals surface area (Å²) in [7, 11) is 9.36. The number of methoxy groups -OCH3 is 6. The van der Waals surface area contributed by atoms with Crippen LogP contribution in [0.15, 0.2) is 41.2 Å². The van der Waals surface area contributed by atoms with E-state index < -0.39 is 11.8 Å². The van der Waals surface area contributed by atoms with E-state index in [1.54, 1.807) is 48.7 Å². The lowest BCUT2D eigenvalue weighted by atomic mass is 9.73. The van der Waals surface area contributed by atoms with Crippen LogP contribution in [-0.2, 0) is 4.74 Å². The standard InChI is InChI=1S/C29H32N2O7/c1-32-21-12-10-17(25(34-3)27(21)36-5)14-16-8-7-9-18-23(20(15-30)29(31)38-24(16)18)19-11-13-22(33-2)28(37-6)26(19)35-4/h10-14,20,23,31H,7-9H2,1-6H3/b16-14-,31-29?. The summed E-state index contributed by atoms with van der Waals surface area (Å²) in [6, 6.07) is 9.65. The van der Waals surface area contributed by atoms with Gasteiger partial charge in [-0.25, -0.2) is 0 Å². The van der Waals surface area contributed by atoms with E-state index in [0.29, 0.717) is 46.7 Å². The number of nitriles is 1. The molecule has 1 N–H and O–H groups in total. The first-order valence-electron chi connectivity index (χ1n) is 12.1. The molecule has 1 heterocycles. The summed E-state index contributed by atoms with van der Waals surface area (Å²) in [5.74, 6) is 2.22. The van der Waals surface area contributed by atoms with Crippen molar-refractivity contribution in [3.05, 3.63) is 52.3 Å². The largest absolute Gasteiger partial charge is 0.493 e. The minimum Gasteiger partial charge on any atom is -0.493 e. The molecule has 0 saturated heterocycles. The molecule has 2 aromatic rings. The molecule has 200 valence electrons. The third-order valence-corrected chi connectivity index (χ3v) is 6.95. The first-order valence-corrected chi connectivity index (χ1v) is 12.1. The molecule has 9 nitrogen and oxygen atoms in total. The van der Waals surface area contributed by atoms with Crippen LogP contribution in [0.5, 0.6) is 34.5 Å². The molecule has 0 spiro atoms. The molecule has 0 saturated carbocycles. The summed E-state index contributed by atoms with van der Waals surface area (Å²) in [6.45, 7) is 0. The molecular formula is C29H32N2O7. The first kappa shape index (κ1) is 26.7. The summed E-state index contributed by atoms with van der Waals surface area (Å²) in [6.07, 6.45) is 4.28. The number of hydrogen-bond donors (Lipinski definition) is 1. The normalized spacial score (nSPS) is 19.7. The summed E-state index contributed by atoms with van der Waals surface area (Å²) < 4.78 is 39.5. The summed E-state index contributed by atoms with van der Waals surface area (Å²) in [4.78, 5) is 0. The van der Waals surface area contributed by atoms with Gasteiger partial charge in [-0.1, -0.05) is 6.07 Å². The van der Waals surface area contributed by atoms with E-state index in [2.05, 4.69) is 6.07 Å². The fourth-order valence-electron chi connectivity index (χ4n) is 5.29. The van der Waals surface area contributed by atoms with Gasteiger partial charge in [-0.2, -0.15) is 5.26 Å². The van der Waals surface area contributed by atoms with Crippen molar-refractivity contribution in [3.8, 4) is 40.6 Å². The van der Waals surface area contributed by atoms with Gasteiger partial charge >= 0.3 is 0 Å². The molecule has 0 aromatic heterocycles. The first-order chi connectivity index (χ1) is 18.5. The van der Waals surface area contributed by atoms with Crippen molar-refractivity contribution >= 4 is 12.0 Å². The second-order valence-electron chi connectivity index (χ2n) is 8.78. The molecule has 2 aliphatic rings. The maximum Gasteiger partial charge on any atom is 0.205 e. The van der Waals surface area contributed by atoms with Crippen molar-refractivity contribution in [2.24, 2.45) is 5.92 Å². The lowest BCUT2D eigenvalue weighted by Crippen LogP contribution is -2.32. The highest BCUT2D eigenvalue weighted by Crippen LogP contribution is 2.52. The Hall–Kier alpha value is -4.32. The highest BCUT2D eigenvalue weighted by Gasteiger charge is 2.42. The third-order valence-electron chi connectivity index (χ3n) is 6.95. The SMILES string of the molecule is COc1ccc(/C=C2/CCCC3=C2OC(=N)C(C#N)C3c2ccc(OC)c(OC)c2OC)c(OC)c1OC. The molecule has 0 fully saturated rings. The van der Waals surface area contributed by atoms with E-state index in [1.165, 1.54) is 0 Å². The van der Waals surface area contributed by atoms with Crippen LogP contribution in [0.25, 0.3) is 6.08 Å². The zero-order chi connectivity index (χ0) is 27.4. The number of nitrogens with zero attached hydrogens (tertiary/aromatic N) is 1. The van der Waals surface area contributed by atoms with Gasteiger partial charge in [0.25, 0.3) is 0 Å². The quantitative estimate of drug-likeness (QED) is 0.486. The monoisotopic (exact) mass is 520 g/mol. The van der Waals surface area contributed by atoms with E-state index in [-0.39, 0.29) is 5.90 Å². The van der Waals surface area contributed by atoms with Crippen LogP contribution in [0.1, 0.15) is 36.3 Å². The second-order valence-corrected chi connectivity index (χ2v) is 8.78. The number of benzene rings is 2. The van der Waals surface area contributed by atoms with E-state index in [1.807, 2.05) is 24.3 Å². The van der Waals surface area contributed by atoms with E-state index >= 15 is 0 Å². The Balaban J connectivity index is 1.92. The number of nitrogens with one attached hydrogen (secondary N) is 1. The predicted octanol–water partition coefficient (Wildman–Crippen LogP) is 5.49. The van der Waals surface area contributed by atoms with Gasteiger partial charge in [0.05, 0.1) is 48.7 Å². The molecule has 38 heavy (non-hydrogen) atoms. The van der Waals surface area contributed by atoms with Crippen molar-refractivity contribution in [1.82, 2.24) is 0 Å². The summed E-state index contributed by atoms with van der Waals surface area (Å²) in [5.41, 5.74) is 3.37. The Bertz CT molecular complexity index is 1340. The zero-order valence-electron chi connectivity index (χ0n) is 22.5. The Morgan fingerprint density at radius 1 is 0.816 bits per heavy atom. The summed E-state index contributed by atoms with van der Waals surface area (Å²) in [5, 5.41) is 18.8. The van der Waals surface area contributed by atoms with Crippen LogP contribution in [0.3, 0.4) is 0 Å². The van der Waals surface area contributed by atoms with Crippen LogP contribution in [0.4, 0.5) is 0 Å². The molecule has 2 unspecified atom stereocenters. The molecule has 2 atom stereocenters. The highest BCUT2D eigenvalue weighted by molar-refractivity contribution is 5.85. The zero-order valence-corrected chi connectivity index (χ0v) is 22.5. The minimum absolute atomic E-state index is 0.111. The molecule has 2 aromatic carbocycles. The predicted molar refractivity (Wildman–Crippen MR) is 142 cm³/mol. The van der Waals surface area contributed by atoms with Crippen LogP contribution < -0.4 is 28.4 Å². The van der Waals surface area contributed by atoms with Gasteiger partial charge in [-0.05, 0) is 54.7 Å². The highest BCUT2D eigenvalue weighted by atomic mass is 16.5. The molecule has 4 rings (SSSR count). The van der Waals surface area contributed by atoms with Crippen molar-refractivity contribution in [2.45, 2.75) is 25.2 Å². The van der Waals surface area contributed by atoms with Gasteiger partial charge in [0.2, 0.25) is 17.4 Å². The Kier molecular flexibility index (Phi) is 8.01. The van der Waals surface area contributed by atoms with Crippen molar-refractivity contribution < 1.29 is 33.2 Å². The van der Waals surface area contributed by atoms with Crippen LogP contribution in [0, 0.1) is 22.7 Å². The number of allylic oxidation sites excluding steroid dienone is 2. The molecule has 9 heteroatoms. The smallest absolute Gasteiger partial charge is 0.205 e. The molecular weight excluding hydrogens is 488 g/mol. The van der Waals surface area contributed by atoms with E-state index in [9.17, 15) is 5.26 Å². The molecule has 1 aliphatic carbocycles. The van der Waals surface area contributed by atoms with Gasteiger partial charge in [-0.15, -0.1) is 0 Å². The van der Waals surface area contributed by atoms with Gasteiger partial charge in [0.1, 0.15) is 11.7 Å². The van der Waals surface area contributed by atoms with Crippen LogP contribution in [-0.4, -0.2) is 48.6 Å². The van der Waals surface area contributed by atoms with Gasteiger partial charge in [0.15, 0.2) is 23.0 Å². The van der Waals surface area contributed by atoms with Crippen LogP contribution >= 0.6 is 0 Å². The number of rotatable bonds is 8. The number of ether oxygens (including phenoxy) is 7. The summed E-state index contributed by atoms with van der Waals surface area (Å²) >= 11 is 0. The van der Waals surface area contributed by atoms with Crippen molar-refractivity contribution in [2.75, 3.05) is 42.7 Å². The fraction of sp³-hybridized carbons (Fsp3) is 0.379. The average Bonchev–Trinajstić information content (AvgIpc) is 2.95. The fourth-order valence-corrected chi connectivity index (χ4v) is 5.29. The second kappa shape index (κ2) is 11.4. The Morgan fingerprint density at radius 3 is 2.00 bits per heavy atom. The van der Waals surface area contributed by atoms with E-state index in [0.717, 1.165) is 35.1 Å². The maximum atomic E-state index is 10.1. The topological polar surface area (TPSA) is 112 Å². The van der Waals surface area contributed by atoms with Gasteiger partial charge in [-0.3, -0.25) is 5.41 Å². The van der Waals surface area contributed by atoms with Crippen molar-refractivity contribution in [3.63, 3.8) is 0 Å². The van der Waals surface area contributed by atoms with Gasteiger partial charge < -0.3 is 33.2 Å². The molecule has 1 aliphatic heterocycles. The lowest BCUT2D eigenvalue weighted by Gasteiger charge is -2.36. The molecule has 0 radical (unpaired) electrons. The number of hydrogen-bond acceptors (Lipinski definition) is 9. The third kappa shape index (κ3) is 4.47. The van der Waals surface area contributed by atoms with Gasteiger partial charge in [0, 0.05) is 17.0 Å². The van der Waals surface area contributed by atoms with Crippen LogP contribution in [0.2, 0.25) is 0 Å².